The van der Waals surface area contributed by atoms with Crippen LogP contribution in [-0.4, -0.2) is 24.5 Å². The molecule has 1 heteroatoms. The van der Waals surface area contributed by atoms with E-state index in [-0.39, 0.29) is 0 Å². The van der Waals surface area contributed by atoms with Gasteiger partial charge in [-0.25, -0.2) is 0 Å². The molecule has 1 nitrogen and oxygen atoms in total. The summed E-state index contributed by atoms with van der Waals surface area (Å²) in [6.45, 7) is 10.5. The van der Waals surface area contributed by atoms with Crippen molar-refractivity contribution in [2.75, 3.05) is 19.6 Å². The van der Waals surface area contributed by atoms with Gasteiger partial charge >= 0.3 is 0 Å². The van der Waals surface area contributed by atoms with Crippen LogP contribution in [0.5, 0.6) is 0 Å². The standard InChI is InChI=1S/C8H16N/c1-8(2,3)7-9-5-4-6-9/h4H,5-7H2,1-3H3. The fraction of sp³-hybridized carbons (Fsp3) is 0.875. The molecule has 0 bridgehead atoms. The highest BCUT2D eigenvalue weighted by molar-refractivity contribution is 4.88. The molecule has 1 aliphatic heterocycles. The van der Waals surface area contributed by atoms with E-state index >= 15 is 0 Å². The first kappa shape index (κ1) is 7.07. The Hall–Kier alpha value is -0.0400. The number of hydrogen-bond acceptors (Lipinski definition) is 1. The lowest BCUT2D eigenvalue weighted by Gasteiger charge is -2.35. The van der Waals surface area contributed by atoms with Crippen LogP contribution in [0.1, 0.15) is 20.8 Å². The van der Waals surface area contributed by atoms with Crippen LogP contribution >= 0.6 is 0 Å². The molecule has 0 aromatic rings. The fourth-order valence-electron chi connectivity index (χ4n) is 1.11. The first-order valence-corrected chi connectivity index (χ1v) is 3.62. The molecule has 0 unspecified atom stereocenters. The molecule has 1 heterocycles. The molecule has 0 amide bonds. The summed E-state index contributed by atoms with van der Waals surface area (Å²) in [6, 6.07) is 0. The largest absolute Gasteiger partial charge is 0.302 e. The second kappa shape index (κ2) is 2.30. The van der Waals surface area contributed by atoms with E-state index in [0.29, 0.717) is 5.41 Å². The van der Waals surface area contributed by atoms with E-state index in [1.54, 1.807) is 0 Å². The van der Waals surface area contributed by atoms with Gasteiger partial charge in [0.25, 0.3) is 0 Å². The third-order valence-electron chi connectivity index (χ3n) is 1.47. The number of likely N-dealkylation sites (tertiary alicyclic amines) is 1. The topological polar surface area (TPSA) is 3.24 Å². The maximum atomic E-state index is 2.46. The van der Waals surface area contributed by atoms with E-state index in [9.17, 15) is 0 Å². The second-order valence-corrected chi connectivity index (χ2v) is 4.04. The van der Waals surface area contributed by atoms with Crippen molar-refractivity contribution in [1.29, 1.82) is 0 Å². The third kappa shape index (κ3) is 2.35. The smallest absolute Gasteiger partial charge is 0.00303 e. The highest BCUT2D eigenvalue weighted by atomic mass is 15.2. The lowest BCUT2D eigenvalue weighted by Crippen LogP contribution is -2.42. The van der Waals surface area contributed by atoms with E-state index < -0.39 is 0 Å². The molecular weight excluding hydrogens is 110 g/mol. The van der Waals surface area contributed by atoms with Crippen molar-refractivity contribution in [2.24, 2.45) is 5.41 Å². The summed E-state index contributed by atoms with van der Waals surface area (Å²) in [5.41, 5.74) is 0.480. The normalized spacial score (nSPS) is 21.7. The van der Waals surface area contributed by atoms with Gasteiger partial charge in [0.15, 0.2) is 0 Å². The van der Waals surface area contributed by atoms with Gasteiger partial charge in [-0.1, -0.05) is 20.8 Å². The van der Waals surface area contributed by atoms with Gasteiger partial charge in [-0.05, 0) is 11.8 Å². The summed E-state index contributed by atoms with van der Waals surface area (Å²) in [5, 5.41) is 0. The van der Waals surface area contributed by atoms with Crippen LogP contribution in [0.2, 0.25) is 0 Å². The molecule has 0 atom stereocenters. The molecular formula is C8H16N. The molecule has 1 fully saturated rings. The quantitative estimate of drug-likeness (QED) is 0.515. The minimum atomic E-state index is 0.480. The van der Waals surface area contributed by atoms with E-state index in [0.717, 1.165) is 0 Å². The fourth-order valence-corrected chi connectivity index (χ4v) is 1.11. The van der Waals surface area contributed by atoms with Crippen LogP contribution in [0.15, 0.2) is 0 Å². The van der Waals surface area contributed by atoms with Gasteiger partial charge < -0.3 is 4.90 Å². The molecule has 9 heavy (non-hydrogen) atoms. The maximum absolute atomic E-state index is 2.46. The maximum Gasteiger partial charge on any atom is 0.00303 e. The van der Waals surface area contributed by atoms with E-state index in [1.807, 2.05) is 0 Å². The molecule has 0 aliphatic carbocycles. The SMILES string of the molecule is CC(C)(C)CN1C[CH]C1. The van der Waals surface area contributed by atoms with Crippen LogP contribution in [0.4, 0.5) is 0 Å². The van der Waals surface area contributed by atoms with Crippen molar-refractivity contribution in [1.82, 2.24) is 4.90 Å². The molecule has 0 N–H and O–H groups in total. The Bertz CT molecular complexity index is 87.2. The summed E-state index contributed by atoms with van der Waals surface area (Å²) in [6.07, 6.45) is 2.31. The highest BCUT2D eigenvalue weighted by Gasteiger charge is 2.20. The first-order chi connectivity index (χ1) is 4.08. The predicted molar refractivity (Wildman–Crippen MR) is 40.2 cm³/mol. The molecule has 0 aromatic carbocycles. The minimum absolute atomic E-state index is 0.480. The Balaban J connectivity index is 2.16. The van der Waals surface area contributed by atoms with Crippen molar-refractivity contribution in [3.8, 4) is 0 Å². The van der Waals surface area contributed by atoms with Gasteiger partial charge in [-0.3, -0.25) is 0 Å². The van der Waals surface area contributed by atoms with Gasteiger partial charge in [0.2, 0.25) is 0 Å². The summed E-state index contributed by atoms with van der Waals surface area (Å²) >= 11 is 0. The second-order valence-electron chi connectivity index (χ2n) is 4.04. The van der Waals surface area contributed by atoms with Crippen molar-refractivity contribution in [3.05, 3.63) is 6.42 Å². The van der Waals surface area contributed by atoms with E-state index in [1.165, 1.54) is 19.6 Å². The minimum Gasteiger partial charge on any atom is -0.302 e. The highest BCUT2D eigenvalue weighted by Crippen LogP contribution is 2.18. The van der Waals surface area contributed by atoms with Crippen molar-refractivity contribution >= 4 is 0 Å². The molecule has 1 rings (SSSR count). The lowest BCUT2D eigenvalue weighted by atomic mass is 9.95. The Morgan fingerprint density at radius 1 is 1.33 bits per heavy atom. The molecule has 0 spiro atoms. The molecule has 53 valence electrons. The van der Waals surface area contributed by atoms with Gasteiger partial charge in [0.05, 0.1) is 0 Å². The Morgan fingerprint density at radius 2 is 1.89 bits per heavy atom. The Labute approximate surface area is 58.0 Å². The Kier molecular flexibility index (Phi) is 1.80. The van der Waals surface area contributed by atoms with Crippen LogP contribution in [0.25, 0.3) is 0 Å². The van der Waals surface area contributed by atoms with Gasteiger partial charge in [-0.2, -0.15) is 0 Å². The van der Waals surface area contributed by atoms with E-state index in [4.69, 9.17) is 0 Å². The van der Waals surface area contributed by atoms with Crippen molar-refractivity contribution in [3.63, 3.8) is 0 Å². The molecule has 0 aromatic heterocycles. The summed E-state index contributed by atoms with van der Waals surface area (Å²) in [5.74, 6) is 0. The number of rotatable bonds is 1. The number of hydrogen-bond donors (Lipinski definition) is 0. The summed E-state index contributed by atoms with van der Waals surface area (Å²) in [7, 11) is 0. The third-order valence-corrected chi connectivity index (χ3v) is 1.47. The predicted octanol–water partition coefficient (Wildman–Crippen LogP) is 1.55. The average molecular weight is 126 g/mol. The van der Waals surface area contributed by atoms with Crippen molar-refractivity contribution < 1.29 is 0 Å². The lowest BCUT2D eigenvalue weighted by molar-refractivity contribution is 0.169. The Morgan fingerprint density at radius 3 is 2.00 bits per heavy atom. The van der Waals surface area contributed by atoms with Crippen LogP contribution in [0.3, 0.4) is 0 Å². The molecule has 1 saturated heterocycles. The van der Waals surface area contributed by atoms with Gasteiger partial charge in [0.1, 0.15) is 0 Å². The van der Waals surface area contributed by atoms with Gasteiger partial charge in [-0.15, -0.1) is 0 Å². The number of nitrogens with zero attached hydrogens (tertiary/aromatic N) is 1. The van der Waals surface area contributed by atoms with E-state index in [2.05, 4.69) is 32.1 Å². The molecule has 1 aliphatic rings. The average Bonchev–Trinajstić information content (AvgIpc) is 1.53. The molecule has 0 saturated carbocycles. The van der Waals surface area contributed by atoms with Gasteiger partial charge in [0, 0.05) is 19.6 Å². The van der Waals surface area contributed by atoms with Crippen molar-refractivity contribution in [2.45, 2.75) is 20.8 Å². The zero-order valence-electron chi connectivity index (χ0n) is 6.65. The molecule has 1 radical (unpaired) electrons. The summed E-state index contributed by atoms with van der Waals surface area (Å²) in [4.78, 5) is 2.46. The zero-order valence-corrected chi connectivity index (χ0v) is 6.65. The van der Waals surface area contributed by atoms with Crippen LogP contribution < -0.4 is 0 Å². The van der Waals surface area contributed by atoms with Crippen LogP contribution in [-0.2, 0) is 0 Å². The monoisotopic (exact) mass is 126 g/mol. The van der Waals surface area contributed by atoms with Crippen LogP contribution in [0, 0.1) is 11.8 Å². The zero-order chi connectivity index (χ0) is 6.91. The first-order valence-electron chi connectivity index (χ1n) is 3.62. The summed E-state index contributed by atoms with van der Waals surface area (Å²) < 4.78 is 0.